The van der Waals surface area contributed by atoms with Crippen LogP contribution in [0.3, 0.4) is 0 Å². The van der Waals surface area contributed by atoms with Crippen molar-refractivity contribution in [2.45, 2.75) is 44.9 Å². The van der Waals surface area contributed by atoms with Crippen molar-refractivity contribution in [3.63, 3.8) is 0 Å². The molecule has 1 saturated heterocycles. The van der Waals surface area contributed by atoms with E-state index in [9.17, 15) is 4.79 Å². The minimum absolute atomic E-state index is 0.438. The van der Waals surface area contributed by atoms with E-state index in [0.717, 1.165) is 24.3 Å². The van der Waals surface area contributed by atoms with Crippen molar-refractivity contribution >= 4 is 17.3 Å². The Morgan fingerprint density at radius 2 is 1.53 bits per heavy atom. The molecule has 2 aliphatic rings. The van der Waals surface area contributed by atoms with Crippen molar-refractivity contribution in [3.8, 4) is 11.3 Å². The van der Waals surface area contributed by atoms with Crippen LogP contribution in [0.25, 0.3) is 11.3 Å². The van der Waals surface area contributed by atoms with E-state index in [1.54, 1.807) is 29.5 Å². The van der Waals surface area contributed by atoms with Crippen LogP contribution in [0.2, 0.25) is 0 Å². The van der Waals surface area contributed by atoms with Gasteiger partial charge in [-0.1, -0.05) is 24.3 Å². The molecule has 2 aromatic carbocycles. The maximum atomic E-state index is 11.3. The van der Waals surface area contributed by atoms with Gasteiger partial charge in [0.05, 0.1) is 5.69 Å². The van der Waals surface area contributed by atoms with Crippen LogP contribution in [0, 0.1) is 0 Å². The molecule has 0 radical (unpaired) electrons. The number of carbonyl (C=O) groups excluding carboxylic acids is 1. The minimum Gasteiger partial charge on any atom is -0.398 e. The smallest absolute Gasteiger partial charge is 0.248 e. The summed E-state index contributed by atoms with van der Waals surface area (Å²) in [7, 11) is 0. The molecule has 4 N–H and O–H groups in total. The number of benzene rings is 2. The minimum atomic E-state index is -0.464. The van der Waals surface area contributed by atoms with Crippen LogP contribution in [-0.2, 0) is 12.8 Å². The van der Waals surface area contributed by atoms with Crippen molar-refractivity contribution in [2.24, 2.45) is 5.73 Å². The van der Waals surface area contributed by atoms with E-state index in [0.29, 0.717) is 16.9 Å². The lowest BCUT2D eigenvalue weighted by atomic mass is 9.92. The highest BCUT2D eigenvalue weighted by Crippen LogP contribution is 2.30. The van der Waals surface area contributed by atoms with E-state index >= 15 is 0 Å². The monoisotopic (exact) mass is 428 g/mol. The maximum Gasteiger partial charge on any atom is 0.248 e. The molecule has 2 heterocycles. The molecule has 32 heavy (non-hydrogen) atoms. The lowest BCUT2D eigenvalue weighted by Gasteiger charge is -2.29. The van der Waals surface area contributed by atoms with Gasteiger partial charge in [0, 0.05) is 41.8 Å². The zero-order chi connectivity index (χ0) is 22.3. The van der Waals surface area contributed by atoms with E-state index in [2.05, 4.69) is 34.1 Å². The Morgan fingerprint density at radius 3 is 2.19 bits per heavy atom. The zero-order valence-corrected chi connectivity index (χ0v) is 18.6. The molecule has 5 nitrogen and oxygen atoms in total. The first-order valence-corrected chi connectivity index (χ1v) is 11.6. The first-order valence-electron chi connectivity index (χ1n) is 11.6. The summed E-state index contributed by atoms with van der Waals surface area (Å²) in [5.41, 5.74) is 18.3. The van der Waals surface area contributed by atoms with Crippen LogP contribution in [0.1, 0.15) is 53.6 Å². The number of aromatic nitrogens is 1. The third-order valence-electron chi connectivity index (χ3n) is 6.34. The quantitative estimate of drug-likeness (QED) is 0.576. The summed E-state index contributed by atoms with van der Waals surface area (Å²) in [6.45, 7) is 2.14. The molecule has 3 aromatic rings. The molecule has 5 rings (SSSR count). The van der Waals surface area contributed by atoms with Gasteiger partial charge in [-0.25, -0.2) is 0 Å². The SMILES string of the molecule is NC(=O)c1ccnc(-c2cc(N3CCCCC3)ccc2N)c1.c1ccc2c(c1)CCCC2. The van der Waals surface area contributed by atoms with Gasteiger partial charge < -0.3 is 16.4 Å². The van der Waals surface area contributed by atoms with E-state index in [-0.39, 0.29) is 0 Å². The average molecular weight is 429 g/mol. The number of nitrogens with zero attached hydrogens (tertiary/aromatic N) is 2. The lowest BCUT2D eigenvalue weighted by Crippen LogP contribution is -2.29. The third kappa shape index (κ3) is 5.28. The maximum absolute atomic E-state index is 11.3. The second-order valence-corrected chi connectivity index (χ2v) is 8.59. The highest BCUT2D eigenvalue weighted by Gasteiger charge is 2.14. The summed E-state index contributed by atoms with van der Waals surface area (Å²) in [5.74, 6) is -0.464. The summed E-state index contributed by atoms with van der Waals surface area (Å²) in [6, 6.07) is 18.1. The lowest BCUT2D eigenvalue weighted by molar-refractivity contribution is 0.1000. The highest BCUT2D eigenvalue weighted by atomic mass is 16.1. The largest absolute Gasteiger partial charge is 0.398 e. The number of hydrogen-bond acceptors (Lipinski definition) is 4. The molecule has 0 atom stereocenters. The third-order valence-corrected chi connectivity index (χ3v) is 6.34. The highest BCUT2D eigenvalue weighted by molar-refractivity contribution is 5.94. The normalized spacial score (nSPS) is 15.3. The zero-order valence-electron chi connectivity index (χ0n) is 18.6. The second kappa shape index (κ2) is 10.3. The van der Waals surface area contributed by atoms with E-state index in [1.807, 2.05) is 18.2 Å². The fourth-order valence-corrected chi connectivity index (χ4v) is 4.52. The Hall–Kier alpha value is -3.34. The number of piperidine rings is 1. The van der Waals surface area contributed by atoms with Gasteiger partial charge in [0.2, 0.25) is 5.91 Å². The number of hydrogen-bond donors (Lipinski definition) is 2. The molecular formula is C27H32N4O. The number of aryl methyl sites for hydroxylation is 2. The fraction of sp³-hybridized carbons (Fsp3) is 0.333. The van der Waals surface area contributed by atoms with Crippen LogP contribution < -0.4 is 16.4 Å². The van der Waals surface area contributed by atoms with Gasteiger partial charge in [0.15, 0.2) is 0 Å². The number of primary amides is 1. The molecule has 1 aliphatic heterocycles. The topological polar surface area (TPSA) is 85.2 Å². The van der Waals surface area contributed by atoms with Gasteiger partial charge in [-0.15, -0.1) is 0 Å². The van der Waals surface area contributed by atoms with E-state index < -0.39 is 5.91 Å². The number of carbonyl (C=O) groups is 1. The number of fused-ring (bicyclic) bond motifs is 1. The molecule has 1 aliphatic carbocycles. The van der Waals surface area contributed by atoms with E-state index in [4.69, 9.17) is 11.5 Å². The van der Waals surface area contributed by atoms with Crippen LogP contribution in [0.5, 0.6) is 0 Å². The van der Waals surface area contributed by atoms with Crippen molar-refractivity contribution in [1.82, 2.24) is 4.98 Å². The number of rotatable bonds is 3. The van der Waals surface area contributed by atoms with E-state index in [1.165, 1.54) is 44.9 Å². The molecule has 5 heteroatoms. The van der Waals surface area contributed by atoms with Crippen molar-refractivity contribution < 1.29 is 4.79 Å². The Labute approximate surface area is 190 Å². The van der Waals surface area contributed by atoms with Gasteiger partial charge in [0.25, 0.3) is 0 Å². The van der Waals surface area contributed by atoms with Crippen molar-refractivity contribution in [3.05, 3.63) is 77.5 Å². The number of nitrogen functional groups attached to an aromatic ring is 1. The predicted octanol–water partition coefficient (Wildman–Crippen LogP) is 4.99. The van der Waals surface area contributed by atoms with Gasteiger partial charge in [-0.05, 0) is 86.4 Å². The molecule has 1 amide bonds. The van der Waals surface area contributed by atoms with Crippen LogP contribution in [0.4, 0.5) is 11.4 Å². The predicted molar refractivity (Wildman–Crippen MR) is 132 cm³/mol. The first-order chi connectivity index (χ1) is 15.6. The number of amides is 1. The number of anilines is 2. The Morgan fingerprint density at radius 1 is 0.844 bits per heavy atom. The molecule has 166 valence electrons. The molecule has 1 aromatic heterocycles. The average Bonchev–Trinajstić information content (AvgIpc) is 2.85. The van der Waals surface area contributed by atoms with Gasteiger partial charge in [0.1, 0.15) is 0 Å². The summed E-state index contributed by atoms with van der Waals surface area (Å²) >= 11 is 0. The Balaban J connectivity index is 0.000000203. The number of nitrogens with two attached hydrogens (primary N) is 2. The van der Waals surface area contributed by atoms with Gasteiger partial charge in [-0.2, -0.15) is 0 Å². The Kier molecular flexibility index (Phi) is 7.05. The molecule has 0 unspecified atom stereocenters. The Bertz CT molecular complexity index is 1050. The molecule has 0 bridgehead atoms. The summed E-state index contributed by atoms with van der Waals surface area (Å²) in [5, 5.41) is 0. The van der Waals surface area contributed by atoms with Crippen LogP contribution in [0.15, 0.2) is 60.8 Å². The molecule has 0 saturated carbocycles. The van der Waals surface area contributed by atoms with Crippen LogP contribution in [-0.4, -0.2) is 24.0 Å². The van der Waals surface area contributed by atoms with Gasteiger partial charge >= 0.3 is 0 Å². The molecule has 1 fully saturated rings. The fourth-order valence-electron chi connectivity index (χ4n) is 4.52. The van der Waals surface area contributed by atoms with Crippen molar-refractivity contribution in [2.75, 3.05) is 23.7 Å². The van der Waals surface area contributed by atoms with Gasteiger partial charge in [-0.3, -0.25) is 9.78 Å². The summed E-state index contributed by atoms with van der Waals surface area (Å²) in [4.78, 5) is 18.0. The molecular weight excluding hydrogens is 396 g/mol. The second-order valence-electron chi connectivity index (χ2n) is 8.59. The number of pyridine rings is 1. The molecule has 0 spiro atoms. The van der Waals surface area contributed by atoms with Crippen molar-refractivity contribution in [1.29, 1.82) is 0 Å². The summed E-state index contributed by atoms with van der Waals surface area (Å²) in [6.07, 6.45) is 10.7. The summed E-state index contributed by atoms with van der Waals surface area (Å²) < 4.78 is 0. The standard InChI is InChI=1S/C17H20N4O.C10H12/c18-15-5-4-13(21-8-2-1-3-9-21)11-14(15)16-10-12(17(19)22)6-7-20-16;1-2-6-10-8-4-3-7-9(10)5-1/h4-7,10-11H,1-3,8-9,18H2,(H2,19,22);1-2,5-6H,3-4,7-8H2. The first kappa shape index (κ1) is 21.9. The van der Waals surface area contributed by atoms with Crippen LogP contribution >= 0.6 is 0 Å².